The summed E-state index contributed by atoms with van der Waals surface area (Å²) in [6, 6.07) is 0.169. The second kappa shape index (κ2) is 7.55. The molecule has 1 atom stereocenters. The molecule has 0 aromatic rings. The van der Waals surface area contributed by atoms with Crippen LogP contribution < -0.4 is 5.32 Å². The van der Waals surface area contributed by atoms with Gasteiger partial charge in [0.1, 0.15) is 6.61 Å². The molecule has 3 nitrogen and oxygen atoms in total. The van der Waals surface area contributed by atoms with Gasteiger partial charge in [-0.25, -0.2) is 0 Å². The molecule has 0 saturated heterocycles. The average molecular weight is 238 g/mol. The maximum absolute atomic E-state index is 11.0. The maximum Gasteiger partial charge on any atom is 0.246 e. The molecule has 72 valence electrons. The first-order valence-corrected chi connectivity index (χ1v) is 5.26. The van der Waals surface area contributed by atoms with E-state index in [-0.39, 0.29) is 18.6 Å². The number of amides is 1. The topological polar surface area (TPSA) is 38.3 Å². The number of carbonyl (C=O) groups excluding carboxylic acids is 1. The van der Waals surface area contributed by atoms with Gasteiger partial charge >= 0.3 is 0 Å². The third-order valence-electron chi connectivity index (χ3n) is 1.22. The van der Waals surface area contributed by atoms with Gasteiger partial charge in [-0.1, -0.05) is 22.9 Å². The van der Waals surface area contributed by atoms with Gasteiger partial charge < -0.3 is 10.1 Å². The van der Waals surface area contributed by atoms with Crippen molar-refractivity contribution in [2.75, 3.05) is 18.5 Å². The summed E-state index contributed by atoms with van der Waals surface area (Å²) in [6.07, 6.45) is 0.946. The van der Waals surface area contributed by atoms with Crippen molar-refractivity contribution in [3.63, 3.8) is 0 Å². The van der Waals surface area contributed by atoms with E-state index < -0.39 is 0 Å². The molecule has 12 heavy (non-hydrogen) atoms. The number of carbonyl (C=O) groups is 1. The number of hydrogen-bond acceptors (Lipinski definition) is 2. The third kappa shape index (κ3) is 6.61. The molecule has 1 N–H and O–H groups in total. The molecule has 0 aliphatic rings. The Labute approximate surface area is 82.0 Å². The Morgan fingerprint density at radius 1 is 1.67 bits per heavy atom. The van der Waals surface area contributed by atoms with Crippen LogP contribution in [0, 0.1) is 0 Å². The lowest BCUT2D eigenvalue weighted by Crippen LogP contribution is -2.36. The molecule has 0 radical (unpaired) electrons. The quantitative estimate of drug-likeness (QED) is 0.559. The van der Waals surface area contributed by atoms with E-state index in [0.29, 0.717) is 6.61 Å². The molecule has 1 unspecified atom stereocenters. The summed E-state index contributed by atoms with van der Waals surface area (Å²) >= 11 is 3.27. The average Bonchev–Trinajstić information content (AvgIpc) is 2.05. The molecule has 0 rings (SSSR count). The minimum Gasteiger partial charge on any atom is -0.372 e. The van der Waals surface area contributed by atoms with Crippen LogP contribution in [-0.2, 0) is 9.53 Å². The van der Waals surface area contributed by atoms with Crippen molar-refractivity contribution in [1.82, 2.24) is 5.32 Å². The van der Waals surface area contributed by atoms with Crippen LogP contribution in [0.1, 0.15) is 20.3 Å². The summed E-state index contributed by atoms with van der Waals surface area (Å²) in [4.78, 5) is 11.0. The molecule has 0 aliphatic carbocycles. The van der Waals surface area contributed by atoms with E-state index in [9.17, 15) is 4.79 Å². The lowest BCUT2D eigenvalue weighted by Gasteiger charge is -2.10. The molecule has 0 spiro atoms. The van der Waals surface area contributed by atoms with Crippen LogP contribution in [0.25, 0.3) is 0 Å². The highest BCUT2D eigenvalue weighted by Gasteiger charge is 2.04. The van der Waals surface area contributed by atoms with Gasteiger partial charge in [0.15, 0.2) is 0 Å². The van der Waals surface area contributed by atoms with Crippen molar-refractivity contribution in [1.29, 1.82) is 0 Å². The van der Waals surface area contributed by atoms with Crippen LogP contribution in [0.5, 0.6) is 0 Å². The van der Waals surface area contributed by atoms with Crippen LogP contribution in [-0.4, -0.2) is 30.5 Å². The van der Waals surface area contributed by atoms with Gasteiger partial charge in [-0.2, -0.15) is 0 Å². The van der Waals surface area contributed by atoms with Crippen LogP contribution in [0.2, 0.25) is 0 Å². The second-order valence-electron chi connectivity index (χ2n) is 2.68. The molecule has 0 aliphatic heterocycles. The third-order valence-corrected chi connectivity index (χ3v) is 2.19. The Morgan fingerprint density at radius 3 is 2.83 bits per heavy atom. The molecule has 0 fully saturated rings. The largest absolute Gasteiger partial charge is 0.372 e. The standard InChI is InChI=1S/C8H16BrNO2/c1-3-4-12-6-8(11)10-7(2)5-9/h7H,3-6H2,1-2H3,(H,10,11). The van der Waals surface area contributed by atoms with Gasteiger partial charge in [-0.15, -0.1) is 0 Å². The van der Waals surface area contributed by atoms with Crippen molar-refractivity contribution in [2.24, 2.45) is 0 Å². The highest BCUT2D eigenvalue weighted by atomic mass is 79.9. The number of rotatable bonds is 6. The van der Waals surface area contributed by atoms with Crippen molar-refractivity contribution in [3.05, 3.63) is 0 Å². The molecular formula is C8H16BrNO2. The van der Waals surface area contributed by atoms with Gasteiger partial charge in [0.05, 0.1) is 0 Å². The molecule has 0 aromatic heterocycles. The molecule has 0 heterocycles. The van der Waals surface area contributed by atoms with Crippen molar-refractivity contribution in [2.45, 2.75) is 26.3 Å². The fourth-order valence-electron chi connectivity index (χ4n) is 0.664. The summed E-state index contributed by atoms with van der Waals surface area (Å²) < 4.78 is 5.06. The normalized spacial score (nSPS) is 12.6. The predicted octanol–water partition coefficient (Wildman–Crippen LogP) is 1.31. The Bertz CT molecular complexity index is 130. The van der Waals surface area contributed by atoms with Crippen LogP contribution in [0.15, 0.2) is 0 Å². The fraction of sp³-hybridized carbons (Fsp3) is 0.875. The van der Waals surface area contributed by atoms with Crippen molar-refractivity contribution < 1.29 is 9.53 Å². The SMILES string of the molecule is CCCOCC(=O)NC(C)CBr. The summed E-state index contributed by atoms with van der Waals surface area (Å²) in [5.74, 6) is -0.0459. The first-order valence-electron chi connectivity index (χ1n) is 4.13. The van der Waals surface area contributed by atoms with Crippen LogP contribution in [0.4, 0.5) is 0 Å². The van der Waals surface area contributed by atoms with Crippen molar-refractivity contribution in [3.8, 4) is 0 Å². The van der Waals surface area contributed by atoms with E-state index in [2.05, 4.69) is 21.2 Å². The Morgan fingerprint density at radius 2 is 2.33 bits per heavy atom. The van der Waals surface area contributed by atoms with E-state index >= 15 is 0 Å². The fourth-order valence-corrected chi connectivity index (χ4v) is 0.826. The van der Waals surface area contributed by atoms with E-state index in [4.69, 9.17) is 4.74 Å². The Kier molecular flexibility index (Phi) is 7.50. The number of halogens is 1. The lowest BCUT2D eigenvalue weighted by atomic mass is 10.4. The van der Waals surface area contributed by atoms with Gasteiger partial charge in [0.25, 0.3) is 0 Å². The van der Waals surface area contributed by atoms with Gasteiger partial charge in [0.2, 0.25) is 5.91 Å². The smallest absolute Gasteiger partial charge is 0.246 e. The number of nitrogens with one attached hydrogen (secondary N) is 1. The summed E-state index contributed by atoms with van der Waals surface area (Å²) in [5, 5.41) is 3.55. The minimum atomic E-state index is -0.0459. The van der Waals surface area contributed by atoms with Crippen molar-refractivity contribution >= 4 is 21.8 Å². The summed E-state index contributed by atoms with van der Waals surface area (Å²) in [6.45, 7) is 4.77. The highest BCUT2D eigenvalue weighted by Crippen LogP contribution is 1.88. The Hall–Kier alpha value is -0.0900. The minimum absolute atomic E-state index is 0.0459. The summed E-state index contributed by atoms with van der Waals surface area (Å²) in [5.41, 5.74) is 0. The van der Waals surface area contributed by atoms with E-state index in [0.717, 1.165) is 11.8 Å². The monoisotopic (exact) mass is 237 g/mol. The first kappa shape index (κ1) is 11.9. The maximum atomic E-state index is 11.0. The predicted molar refractivity (Wildman–Crippen MR) is 52.5 cm³/mol. The molecule has 4 heteroatoms. The summed E-state index contributed by atoms with van der Waals surface area (Å²) in [7, 11) is 0. The van der Waals surface area contributed by atoms with Crippen LogP contribution in [0.3, 0.4) is 0 Å². The zero-order valence-corrected chi connectivity index (χ0v) is 9.19. The molecule has 0 saturated carbocycles. The zero-order valence-electron chi connectivity index (χ0n) is 7.60. The van der Waals surface area contributed by atoms with Crippen LogP contribution >= 0.6 is 15.9 Å². The first-order chi connectivity index (χ1) is 5.70. The Balaban J connectivity index is 3.33. The van der Waals surface area contributed by atoms with Gasteiger partial charge in [0, 0.05) is 18.0 Å². The molecule has 0 bridgehead atoms. The van der Waals surface area contributed by atoms with Gasteiger partial charge in [-0.3, -0.25) is 4.79 Å². The number of hydrogen-bond donors (Lipinski definition) is 1. The molecule has 0 aromatic carbocycles. The number of ether oxygens (including phenoxy) is 1. The highest BCUT2D eigenvalue weighted by molar-refractivity contribution is 9.09. The van der Waals surface area contributed by atoms with E-state index in [1.54, 1.807) is 0 Å². The number of alkyl halides is 1. The second-order valence-corrected chi connectivity index (χ2v) is 3.32. The molecular weight excluding hydrogens is 222 g/mol. The molecule has 1 amide bonds. The van der Waals surface area contributed by atoms with E-state index in [1.165, 1.54) is 0 Å². The van der Waals surface area contributed by atoms with Gasteiger partial charge in [-0.05, 0) is 13.3 Å². The lowest BCUT2D eigenvalue weighted by molar-refractivity contribution is -0.126. The zero-order chi connectivity index (χ0) is 9.40. The van der Waals surface area contributed by atoms with E-state index in [1.807, 2.05) is 13.8 Å².